The maximum atomic E-state index is 12.6. The van der Waals surface area contributed by atoms with Crippen LogP contribution < -0.4 is 20.1 Å². The molecular weight excluding hydrogens is 332 g/mol. The molecule has 0 aromatic heterocycles. The number of hydrogen-bond acceptors (Lipinski definition) is 4. The molecule has 2 aromatic rings. The fourth-order valence-corrected chi connectivity index (χ4v) is 2.15. The summed E-state index contributed by atoms with van der Waals surface area (Å²) in [5.41, 5.74) is -0.0556. The Morgan fingerprint density at radius 1 is 0.846 bits per heavy atom. The quantitative estimate of drug-likeness (QED) is 0.742. The smallest absolute Gasteiger partial charge is 0.239 e. The van der Waals surface area contributed by atoms with Gasteiger partial charge in [-0.3, -0.25) is 9.59 Å². The van der Waals surface area contributed by atoms with Crippen LogP contribution in [0.2, 0.25) is 0 Å². The summed E-state index contributed by atoms with van der Waals surface area (Å²) in [6.45, 7) is 5.63. The van der Waals surface area contributed by atoms with E-state index in [1.807, 2.05) is 6.92 Å². The molecule has 0 saturated heterocycles. The van der Waals surface area contributed by atoms with E-state index in [1.54, 1.807) is 69.5 Å². The van der Waals surface area contributed by atoms with E-state index in [0.29, 0.717) is 23.7 Å². The third-order valence-electron chi connectivity index (χ3n) is 3.91. The van der Waals surface area contributed by atoms with Crippen molar-refractivity contribution in [2.75, 3.05) is 24.4 Å². The molecule has 0 radical (unpaired) electrons. The molecule has 0 aliphatic heterocycles. The second-order valence-corrected chi connectivity index (χ2v) is 6.22. The molecule has 6 nitrogen and oxygen atoms in total. The number of hydrogen-bond donors (Lipinski definition) is 2. The first-order chi connectivity index (χ1) is 12.4. The largest absolute Gasteiger partial charge is 0.497 e. The number of ether oxygens (including phenoxy) is 2. The fraction of sp³-hybridized carbons (Fsp3) is 0.300. The van der Waals surface area contributed by atoms with Gasteiger partial charge >= 0.3 is 0 Å². The molecule has 0 saturated carbocycles. The lowest BCUT2D eigenvalue weighted by atomic mass is 9.90. The van der Waals surface area contributed by atoms with Gasteiger partial charge in [0.2, 0.25) is 11.8 Å². The molecule has 26 heavy (non-hydrogen) atoms. The number of nitrogens with one attached hydrogen (secondary N) is 2. The number of rotatable bonds is 7. The van der Waals surface area contributed by atoms with Crippen molar-refractivity contribution in [3.8, 4) is 11.5 Å². The predicted molar refractivity (Wildman–Crippen MR) is 102 cm³/mol. The van der Waals surface area contributed by atoms with Crippen molar-refractivity contribution >= 4 is 23.2 Å². The SMILES string of the molecule is CCOc1ccc(NC(=O)C(C)(C)C(=O)Nc2ccc(OC)cc2)cc1. The zero-order valence-electron chi connectivity index (χ0n) is 15.5. The van der Waals surface area contributed by atoms with Crippen molar-refractivity contribution in [2.24, 2.45) is 5.41 Å². The third-order valence-corrected chi connectivity index (χ3v) is 3.91. The molecule has 0 aliphatic rings. The zero-order chi connectivity index (χ0) is 19.2. The van der Waals surface area contributed by atoms with Crippen molar-refractivity contribution in [1.82, 2.24) is 0 Å². The highest BCUT2D eigenvalue weighted by Crippen LogP contribution is 2.23. The highest BCUT2D eigenvalue weighted by molar-refractivity contribution is 6.14. The molecule has 2 aromatic carbocycles. The second-order valence-electron chi connectivity index (χ2n) is 6.22. The van der Waals surface area contributed by atoms with Gasteiger partial charge in [-0.05, 0) is 69.3 Å². The van der Waals surface area contributed by atoms with Gasteiger partial charge in [-0.2, -0.15) is 0 Å². The van der Waals surface area contributed by atoms with Gasteiger partial charge < -0.3 is 20.1 Å². The topological polar surface area (TPSA) is 76.7 Å². The maximum absolute atomic E-state index is 12.6. The van der Waals surface area contributed by atoms with E-state index >= 15 is 0 Å². The van der Waals surface area contributed by atoms with Crippen molar-refractivity contribution in [1.29, 1.82) is 0 Å². The average Bonchev–Trinajstić information content (AvgIpc) is 2.64. The number of carbonyl (C=O) groups excluding carboxylic acids is 2. The van der Waals surface area contributed by atoms with Gasteiger partial charge in [0.15, 0.2) is 0 Å². The Kier molecular flexibility index (Phi) is 6.22. The lowest BCUT2D eigenvalue weighted by Gasteiger charge is -2.23. The van der Waals surface area contributed by atoms with E-state index in [-0.39, 0.29) is 0 Å². The van der Waals surface area contributed by atoms with Gasteiger partial charge in [0, 0.05) is 11.4 Å². The summed E-state index contributed by atoms with van der Waals surface area (Å²) >= 11 is 0. The lowest BCUT2D eigenvalue weighted by Crippen LogP contribution is -2.41. The van der Waals surface area contributed by atoms with E-state index in [4.69, 9.17) is 9.47 Å². The number of benzene rings is 2. The van der Waals surface area contributed by atoms with Gasteiger partial charge in [0.1, 0.15) is 16.9 Å². The first kappa shape index (κ1) is 19.3. The minimum atomic E-state index is -1.25. The van der Waals surface area contributed by atoms with Gasteiger partial charge in [0.25, 0.3) is 0 Å². The summed E-state index contributed by atoms with van der Waals surface area (Å²) in [6.07, 6.45) is 0. The minimum absolute atomic E-state index is 0.396. The Hall–Kier alpha value is -3.02. The average molecular weight is 356 g/mol. The molecule has 0 aliphatic carbocycles. The summed E-state index contributed by atoms with van der Waals surface area (Å²) in [5, 5.41) is 5.51. The van der Waals surface area contributed by atoms with Crippen LogP contribution in [0.15, 0.2) is 48.5 Å². The normalized spacial score (nSPS) is 10.8. The molecule has 0 atom stereocenters. The van der Waals surface area contributed by atoms with Gasteiger partial charge in [-0.25, -0.2) is 0 Å². The number of amides is 2. The summed E-state index contributed by atoms with van der Waals surface area (Å²) in [5.74, 6) is 0.622. The highest BCUT2D eigenvalue weighted by atomic mass is 16.5. The van der Waals surface area contributed by atoms with Crippen LogP contribution in [-0.2, 0) is 9.59 Å². The van der Waals surface area contributed by atoms with E-state index in [0.717, 1.165) is 5.75 Å². The Labute approximate surface area is 153 Å². The first-order valence-electron chi connectivity index (χ1n) is 8.36. The fourth-order valence-electron chi connectivity index (χ4n) is 2.15. The molecule has 2 amide bonds. The standard InChI is InChI=1S/C20H24N2O4/c1-5-26-17-12-8-15(9-13-17)22-19(24)20(2,3)18(23)21-14-6-10-16(25-4)11-7-14/h6-13H,5H2,1-4H3,(H,21,23)(H,22,24). The Balaban J connectivity index is 2.01. The summed E-state index contributed by atoms with van der Waals surface area (Å²) in [6, 6.07) is 13.9. The third kappa shape index (κ3) is 4.75. The summed E-state index contributed by atoms with van der Waals surface area (Å²) < 4.78 is 10.5. The Bertz CT molecular complexity index is 752. The first-order valence-corrected chi connectivity index (χ1v) is 8.36. The monoisotopic (exact) mass is 356 g/mol. The molecule has 0 heterocycles. The Morgan fingerprint density at radius 2 is 1.27 bits per heavy atom. The molecule has 0 fully saturated rings. The van der Waals surface area contributed by atoms with Gasteiger partial charge in [-0.15, -0.1) is 0 Å². The van der Waals surface area contributed by atoms with E-state index < -0.39 is 17.2 Å². The molecule has 138 valence electrons. The molecule has 2 N–H and O–H groups in total. The van der Waals surface area contributed by atoms with Crippen LogP contribution >= 0.6 is 0 Å². The molecule has 0 unspecified atom stereocenters. The molecular formula is C20H24N2O4. The van der Waals surface area contributed by atoms with E-state index in [2.05, 4.69) is 10.6 Å². The van der Waals surface area contributed by atoms with Crippen LogP contribution in [0.5, 0.6) is 11.5 Å². The molecule has 0 bridgehead atoms. The summed E-state index contributed by atoms with van der Waals surface area (Å²) in [4.78, 5) is 25.1. The number of anilines is 2. The number of carbonyl (C=O) groups is 2. The van der Waals surface area contributed by atoms with Crippen molar-refractivity contribution in [3.05, 3.63) is 48.5 Å². The van der Waals surface area contributed by atoms with Crippen LogP contribution in [0.25, 0.3) is 0 Å². The van der Waals surface area contributed by atoms with Crippen molar-refractivity contribution < 1.29 is 19.1 Å². The molecule has 6 heteroatoms. The zero-order valence-corrected chi connectivity index (χ0v) is 15.5. The lowest BCUT2D eigenvalue weighted by molar-refractivity contribution is -0.135. The number of methoxy groups -OCH3 is 1. The minimum Gasteiger partial charge on any atom is -0.497 e. The molecule has 2 rings (SSSR count). The van der Waals surface area contributed by atoms with Crippen LogP contribution in [0, 0.1) is 5.41 Å². The van der Waals surface area contributed by atoms with Gasteiger partial charge in [-0.1, -0.05) is 0 Å². The van der Waals surface area contributed by atoms with E-state index in [1.165, 1.54) is 0 Å². The summed E-state index contributed by atoms with van der Waals surface area (Å²) in [7, 11) is 1.57. The van der Waals surface area contributed by atoms with Crippen LogP contribution in [0.1, 0.15) is 20.8 Å². The van der Waals surface area contributed by atoms with Crippen LogP contribution in [0.3, 0.4) is 0 Å². The van der Waals surface area contributed by atoms with Crippen LogP contribution in [-0.4, -0.2) is 25.5 Å². The maximum Gasteiger partial charge on any atom is 0.239 e. The Morgan fingerprint density at radius 3 is 1.65 bits per heavy atom. The second kappa shape index (κ2) is 8.38. The molecule has 0 spiro atoms. The van der Waals surface area contributed by atoms with Crippen LogP contribution in [0.4, 0.5) is 11.4 Å². The van der Waals surface area contributed by atoms with Crippen molar-refractivity contribution in [3.63, 3.8) is 0 Å². The van der Waals surface area contributed by atoms with E-state index in [9.17, 15) is 9.59 Å². The van der Waals surface area contributed by atoms with Crippen molar-refractivity contribution in [2.45, 2.75) is 20.8 Å². The predicted octanol–water partition coefficient (Wildman–Crippen LogP) is 3.70. The van der Waals surface area contributed by atoms with Gasteiger partial charge in [0.05, 0.1) is 13.7 Å². The highest BCUT2D eigenvalue weighted by Gasteiger charge is 2.36.